The number of ether oxygens (including phenoxy) is 2. The second-order valence-electron chi connectivity index (χ2n) is 14.3. The maximum absolute atomic E-state index is 12.4. The van der Waals surface area contributed by atoms with Crippen molar-refractivity contribution in [2.24, 2.45) is 11.8 Å². The molecule has 0 saturated heterocycles. The average Bonchev–Trinajstić information content (AvgIpc) is 3.35. The van der Waals surface area contributed by atoms with Crippen LogP contribution < -0.4 is 0 Å². The van der Waals surface area contributed by atoms with E-state index < -0.39 is 57.4 Å². The van der Waals surface area contributed by atoms with E-state index in [1.807, 2.05) is 0 Å². The Morgan fingerprint density at radius 1 is 0.745 bits per heavy atom. The van der Waals surface area contributed by atoms with Crippen LogP contribution in [0.15, 0.2) is 24.3 Å². The Balaban J connectivity index is 2.35. The Morgan fingerprint density at radius 3 is 1.86 bits per heavy atom. The summed E-state index contributed by atoms with van der Waals surface area (Å²) in [5, 5.41) is 31.1. The lowest BCUT2D eigenvalue weighted by atomic mass is 9.89. The van der Waals surface area contributed by atoms with Crippen LogP contribution in [0.3, 0.4) is 0 Å². The van der Waals surface area contributed by atoms with E-state index in [1.54, 1.807) is 24.3 Å². The normalized spacial score (nSPS) is 20.7. The molecule has 0 heterocycles. The molecule has 0 aromatic rings. The van der Waals surface area contributed by atoms with Crippen LogP contribution in [-0.2, 0) is 28.2 Å². The molecular weight excluding hydrogens is 675 g/mol. The lowest BCUT2D eigenvalue weighted by molar-refractivity contribution is -0.160. The highest BCUT2D eigenvalue weighted by atomic mass is 31.2. The van der Waals surface area contributed by atoms with Crippen molar-refractivity contribution in [2.75, 3.05) is 13.2 Å². The number of unbranched alkanes of at least 4 members (excludes halogenated alkanes) is 16. The molecule has 0 amide bonds. The zero-order chi connectivity index (χ0) is 37.7. The molecule has 1 rings (SSSR count). The molecule has 6 atom stereocenters. The number of carbonyl (C=O) groups excluding carboxylic acids is 2. The van der Waals surface area contributed by atoms with E-state index in [1.165, 1.54) is 70.6 Å². The van der Waals surface area contributed by atoms with Gasteiger partial charge in [-0.1, -0.05) is 147 Å². The van der Waals surface area contributed by atoms with Gasteiger partial charge in [0.25, 0.3) is 0 Å². The van der Waals surface area contributed by atoms with Crippen molar-refractivity contribution in [3.05, 3.63) is 24.3 Å². The topological polar surface area (TPSA) is 180 Å². The molecule has 0 bridgehead atoms. The van der Waals surface area contributed by atoms with Gasteiger partial charge in [-0.25, -0.2) is 4.57 Å². The second kappa shape index (κ2) is 29.8. The van der Waals surface area contributed by atoms with Crippen molar-refractivity contribution in [2.45, 2.75) is 186 Å². The number of phosphoric ester groups is 1. The number of esters is 2. The molecule has 298 valence electrons. The minimum absolute atomic E-state index is 0.110. The number of phosphoric acid groups is 1. The maximum atomic E-state index is 12.4. The van der Waals surface area contributed by atoms with Gasteiger partial charge in [-0.05, 0) is 25.2 Å². The first-order valence-electron chi connectivity index (χ1n) is 19.9. The van der Waals surface area contributed by atoms with Gasteiger partial charge in [-0.15, -0.1) is 0 Å². The van der Waals surface area contributed by atoms with E-state index in [2.05, 4.69) is 18.4 Å². The third-order valence-electron chi connectivity index (χ3n) is 9.58. The van der Waals surface area contributed by atoms with Crippen molar-refractivity contribution < 1.29 is 53.3 Å². The van der Waals surface area contributed by atoms with E-state index in [4.69, 9.17) is 19.3 Å². The Hall–Kier alpha value is -1.59. The van der Waals surface area contributed by atoms with Gasteiger partial charge in [0.2, 0.25) is 0 Å². The number of hydrogen-bond donors (Lipinski definition) is 5. The van der Waals surface area contributed by atoms with E-state index >= 15 is 0 Å². The smallest absolute Gasteiger partial charge is 0.461 e. The summed E-state index contributed by atoms with van der Waals surface area (Å²) in [4.78, 5) is 43.0. The molecule has 12 heteroatoms. The fraction of sp³-hybridized carbons (Fsp3) is 0.846. The van der Waals surface area contributed by atoms with E-state index in [0.717, 1.165) is 38.5 Å². The van der Waals surface area contributed by atoms with E-state index in [9.17, 15) is 29.5 Å². The Kier molecular flexibility index (Phi) is 27.7. The molecule has 0 aromatic carbocycles. The van der Waals surface area contributed by atoms with Crippen LogP contribution in [0, 0.1) is 11.8 Å². The van der Waals surface area contributed by atoms with Crippen molar-refractivity contribution in [1.29, 1.82) is 0 Å². The van der Waals surface area contributed by atoms with Gasteiger partial charge in [0.1, 0.15) is 6.61 Å². The summed E-state index contributed by atoms with van der Waals surface area (Å²) in [5.41, 5.74) is 0. The number of carbonyl (C=O) groups is 2. The quantitative estimate of drug-likeness (QED) is 0.0195. The predicted octanol–water partition coefficient (Wildman–Crippen LogP) is 8.00. The molecule has 1 saturated carbocycles. The molecular formula is C39H71O11P. The van der Waals surface area contributed by atoms with Crippen molar-refractivity contribution in [1.82, 2.24) is 0 Å². The fourth-order valence-corrected chi connectivity index (χ4v) is 6.88. The summed E-state index contributed by atoms with van der Waals surface area (Å²) >= 11 is 0. The van der Waals surface area contributed by atoms with Crippen LogP contribution in [0.1, 0.15) is 162 Å². The summed E-state index contributed by atoms with van der Waals surface area (Å²) in [6.07, 6.45) is 26.0. The Bertz CT molecular complexity index is 998. The molecule has 1 aliphatic rings. The third-order valence-corrected chi connectivity index (χ3v) is 10.1. The molecule has 5 N–H and O–H groups in total. The van der Waals surface area contributed by atoms with Gasteiger partial charge in [0.15, 0.2) is 6.10 Å². The Labute approximate surface area is 307 Å². The number of allylic oxidation sites excluding steroid dienone is 1. The maximum Gasteiger partial charge on any atom is 0.469 e. The average molecular weight is 747 g/mol. The highest BCUT2D eigenvalue weighted by molar-refractivity contribution is 7.46. The monoisotopic (exact) mass is 746 g/mol. The summed E-state index contributed by atoms with van der Waals surface area (Å²) in [6, 6.07) is 0. The second-order valence-corrected chi connectivity index (χ2v) is 15.5. The van der Waals surface area contributed by atoms with E-state index in [0.29, 0.717) is 19.3 Å². The molecule has 1 fully saturated rings. The molecule has 1 aliphatic carbocycles. The summed E-state index contributed by atoms with van der Waals surface area (Å²) in [6.45, 7) is 3.30. The van der Waals surface area contributed by atoms with Gasteiger partial charge < -0.3 is 34.6 Å². The highest BCUT2D eigenvalue weighted by Crippen LogP contribution is 2.37. The summed E-state index contributed by atoms with van der Waals surface area (Å²) in [7, 11) is -4.83. The lowest BCUT2D eigenvalue weighted by Crippen LogP contribution is -2.29. The number of aliphatic hydroxyl groups excluding tert-OH is 3. The summed E-state index contributed by atoms with van der Waals surface area (Å²) in [5.74, 6) is -1.78. The minimum Gasteiger partial charge on any atom is -0.461 e. The molecule has 0 aromatic heterocycles. The largest absolute Gasteiger partial charge is 0.469 e. The molecule has 0 spiro atoms. The number of hydrogen-bond acceptors (Lipinski definition) is 9. The van der Waals surface area contributed by atoms with Gasteiger partial charge in [0.05, 0.1) is 31.3 Å². The standard InChI is InChI=1S/C39H71O11P/c1-3-5-7-8-9-10-11-12-13-14-15-16-17-18-20-26-39(44)50-33(31-49-51(45,46)47)30-48-38(43)25-22-21-24-34-35(37(42)29-36(34)41)28-27-32(40)23-19-6-4-2/h21-22,27-28,32-37,40-42H,3-20,23-26,29-31H2,1-2H3,(H2,45,46,47)/b22-21-,28-27+/t32-,33-,34+,35-,36+,37-/m1/s1. The van der Waals surface area contributed by atoms with Gasteiger partial charge in [0, 0.05) is 18.8 Å². The Morgan fingerprint density at radius 2 is 1.29 bits per heavy atom. The van der Waals surface area contributed by atoms with Crippen LogP contribution in [-0.4, -0.2) is 74.7 Å². The van der Waals surface area contributed by atoms with Crippen LogP contribution in [0.5, 0.6) is 0 Å². The van der Waals surface area contributed by atoms with Crippen LogP contribution >= 0.6 is 7.82 Å². The van der Waals surface area contributed by atoms with Crippen molar-refractivity contribution >= 4 is 19.8 Å². The molecule has 11 nitrogen and oxygen atoms in total. The van der Waals surface area contributed by atoms with Gasteiger partial charge >= 0.3 is 19.8 Å². The van der Waals surface area contributed by atoms with Crippen molar-refractivity contribution in [3.63, 3.8) is 0 Å². The SMILES string of the molecule is CCCCCCCCCCCCCCCCCC(=O)O[C@H](COC(=O)C/C=C\C[C@H]1[C@@H](/C=C/[C@H](O)CCCCC)[C@H](O)C[C@@H]1O)COP(=O)(O)O. The first-order valence-corrected chi connectivity index (χ1v) is 21.4. The lowest BCUT2D eigenvalue weighted by Gasteiger charge is -2.19. The molecule has 0 aliphatic heterocycles. The fourth-order valence-electron chi connectivity index (χ4n) is 6.52. The first kappa shape index (κ1) is 47.4. The highest BCUT2D eigenvalue weighted by Gasteiger charge is 2.39. The predicted molar refractivity (Wildman–Crippen MR) is 200 cm³/mol. The number of aliphatic hydroxyl groups is 3. The molecule has 0 unspecified atom stereocenters. The van der Waals surface area contributed by atoms with Crippen LogP contribution in [0.25, 0.3) is 0 Å². The zero-order valence-corrected chi connectivity index (χ0v) is 32.5. The van der Waals surface area contributed by atoms with Gasteiger partial charge in [-0.3, -0.25) is 14.1 Å². The minimum atomic E-state index is -4.83. The third kappa shape index (κ3) is 25.9. The summed E-state index contributed by atoms with van der Waals surface area (Å²) < 4.78 is 26.3. The zero-order valence-electron chi connectivity index (χ0n) is 31.6. The van der Waals surface area contributed by atoms with Crippen LogP contribution in [0.4, 0.5) is 0 Å². The molecule has 51 heavy (non-hydrogen) atoms. The van der Waals surface area contributed by atoms with E-state index in [-0.39, 0.29) is 31.1 Å². The first-order chi connectivity index (χ1) is 24.5. The molecule has 0 radical (unpaired) electrons. The van der Waals surface area contributed by atoms with Crippen molar-refractivity contribution in [3.8, 4) is 0 Å². The van der Waals surface area contributed by atoms with Gasteiger partial charge in [-0.2, -0.15) is 0 Å². The number of rotatable bonds is 32. The van der Waals surface area contributed by atoms with Crippen LogP contribution in [0.2, 0.25) is 0 Å².